The van der Waals surface area contributed by atoms with E-state index in [2.05, 4.69) is 5.32 Å². The lowest BCUT2D eigenvalue weighted by Gasteiger charge is -2.20. The van der Waals surface area contributed by atoms with Crippen LogP contribution in [0.2, 0.25) is 0 Å². The lowest BCUT2D eigenvalue weighted by Crippen LogP contribution is -2.37. The van der Waals surface area contributed by atoms with Crippen LogP contribution in [0, 0.1) is 15.9 Å². The van der Waals surface area contributed by atoms with E-state index >= 15 is 0 Å². The van der Waals surface area contributed by atoms with Crippen LogP contribution < -0.4 is 5.32 Å². The number of hydrogen-bond acceptors (Lipinski definition) is 4. The maximum atomic E-state index is 12.9. The first-order valence-corrected chi connectivity index (χ1v) is 7.85. The fourth-order valence-corrected chi connectivity index (χ4v) is 2.49. The minimum absolute atomic E-state index is 0.109. The molecule has 0 saturated carbocycles. The van der Waals surface area contributed by atoms with Gasteiger partial charge in [-0.3, -0.25) is 14.9 Å². The number of nitro groups is 1. The fraction of sp³-hybridized carbons (Fsp3) is 0.278. The summed E-state index contributed by atoms with van der Waals surface area (Å²) < 4.78 is 12.9. The quantitative estimate of drug-likeness (QED) is 0.621. The molecule has 132 valence electrons. The van der Waals surface area contributed by atoms with E-state index in [1.165, 1.54) is 36.4 Å². The van der Waals surface area contributed by atoms with Crippen molar-refractivity contribution in [2.45, 2.75) is 32.4 Å². The number of nitrogens with zero attached hydrogens (tertiary/aromatic N) is 1. The second-order valence-electron chi connectivity index (χ2n) is 5.71. The van der Waals surface area contributed by atoms with Gasteiger partial charge in [-0.05, 0) is 37.1 Å². The first kappa shape index (κ1) is 18.5. The summed E-state index contributed by atoms with van der Waals surface area (Å²) in [5.74, 6) is -0.949. The number of aryl methyl sites for hydroxylation is 1. The molecule has 2 aromatic carbocycles. The van der Waals surface area contributed by atoms with Crippen LogP contribution in [0.15, 0.2) is 42.5 Å². The summed E-state index contributed by atoms with van der Waals surface area (Å²) in [6.45, 7) is 3.39. The molecule has 1 amide bonds. The number of aliphatic hydroxyl groups is 1. The smallest absolute Gasteiger partial charge is 0.273 e. The molecular formula is C18H19FN2O4. The molecule has 0 bridgehead atoms. The molecule has 2 aromatic rings. The number of amides is 1. The molecule has 0 aliphatic heterocycles. The van der Waals surface area contributed by atoms with E-state index in [0.717, 1.165) is 0 Å². The van der Waals surface area contributed by atoms with Gasteiger partial charge in [-0.25, -0.2) is 4.39 Å². The van der Waals surface area contributed by atoms with Gasteiger partial charge in [0, 0.05) is 17.2 Å². The highest BCUT2D eigenvalue weighted by molar-refractivity contribution is 5.95. The third-order valence-electron chi connectivity index (χ3n) is 3.97. The van der Waals surface area contributed by atoms with Gasteiger partial charge in [0.2, 0.25) is 0 Å². The summed E-state index contributed by atoms with van der Waals surface area (Å²) in [4.78, 5) is 22.9. The molecule has 0 aliphatic carbocycles. The highest BCUT2D eigenvalue weighted by Crippen LogP contribution is 2.22. The van der Waals surface area contributed by atoms with Gasteiger partial charge in [-0.2, -0.15) is 0 Å². The maximum Gasteiger partial charge on any atom is 0.273 e. The monoisotopic (exact) mass is 346 g/mol. The third-order valence-corrected chi connectivity index (χ3v) is 3.97. The molecule has 0 heterocycles. The van der Waals surface area contributed by atoms with Crippen molar-refractivity contribution in [2.75, 3.05) is 0 Å². The lowest BCUT2D eigenvalue weighted by atomic mass is 10.0. The van der Waals surface area contributed by atoms with Crippen molar-refractivity contribution in [3.63, 3.8) is 0 Å². The molecule has 2 rings (SSSR count). The van der Waals surface area contributed by atoms with E-state index in [0.29, 0.717) is 17.5 Å². The summed E-state index contributed by atoms with van der Waals surface area (Å²) >= 11 is 0. The minimum Gasteiger partial charge on any atom is -0.386 e. The average Bonchev–Trinajstić information content (AvgIpc) is 2.60. The van der Waals surface area contributed by atoms with Crippen molar-refractivity contribution in [1.82, 2.24) is 5.32 Å². The highest BCUT2D eigenvalue weighted by Gasteiger charge is 2.21. The average molecular weight is 346 g/mol. The zero-order chi connectivity index (χ0) is 18.6. The van der Waals surface area contributed by atoms with E-state index in [9.17, 15) is 24.4 Å². The normalized spacial score (nSPS) is 13.1. The number of nitrogens with one attached hydrogen (secondary N) is 1. The van der Waals surface area contributed by atoms with Crippen molar-refractivity contribution in [3.05, 3.63) is 75.1 Å². The predicted molar refractivity (Wildman–Crippen MR) is 90.8 cm³/mol. The predicted octanol–water partition coefficient (Wildman–Crippen LogP) is 3.15. The number of carbonyl (C=O) groups excluding carboxylic acids is 1. The molecule has 0 radical (unpaired) electrons. The van der Waals surface area contributed by atoms with Gasteiger partial charge in [-0.15, -0.1) is 0 Å². The molecule has 6 nitrogen and oxygen atoms in total. The number of hydrogen-bond donors (Lipinski definition) is 2. The second kappa shape index (κ2) is 7.85. The Morgan fingerprint density at radius 1 is 1.28 bits per heavy atom. The summed E-state index contributed by atoms with van der Waals surface area (Å²) in [5.41, 5.74) is 1.03. The molecular weight excluding hydrogens is 327 g/mol. The van der Waals surface area contributed by atoms with Crippen molar-refractivity contribution in [2.24, 2.45) is 0 Å². The standard InChI is InChI=1S/C18H19FN2O4/c1-3-12-4-5-14(10-16(12)21(24)25)18(23)20-11(2)17(22)13-6-8-15(19)9-7-13/h4-11,17,22H,3H2,1-2H3,(H,20,23). The molecule has 2 atom stereocenters. The van der Waals surface area contributed by atoms with Gasteiger partial charge in [0.15, 0.2) is 0 Å². The zero-order valence-corrected chi connectivity index (χ0v) is 13.9. The topological polar surface area (TPSA) is 92.5 Å². The molecule has 0 aromatic heterocycles. The van der Waals surface area contributed by atoms with Gasteiger partial charge < -0.3 is 10.4 Å². The van der Waals surface area contributed by atoms with E-state index in [-0.39, 0.29) is 11.3 Å². The van der Waals surface area contributed by atoms with E-state index < -0.39 is 28.8 Å². The van der Waals surface area contributed by atoms with Crippen molar-refractivity contribution >= 4 is 11.6 Å². The maximum absolute atomic E-state index is 12.9. The largest absolute Gasteiger partial charge is 0.386 e. The van der Waals surface area contributed by atoms with E-state index in [4.69, 9.17) is 0 Å². The highest BCUT2D eigenvalue weighted by atomic mass is 19.1. The molecule has 0 saturated heterocycles. The molecule has 0 spiro atoms. The molecule has 25 heavy (non-hydrogen) atoms. The Bertz CT molecular complexity index is 777. The Morgan fingerprint density at radius 2 is 1.92 bits per heavy atom. The van der Waals surface area contributed by atoms with Crippen LogP contribution in [0.1, 0.15) is 41.4 Å². The molecule has 0 fully saturated rings. The van der Waals surface area contributed by atoms with Crippen LogP contribution in [-0.4, -0.2) is 22.0 Å². The van der Waals surface area contributed by atoms with Crippen LogP contribution in [0.5, 0.6) is 0 Å². The van der Waals surface area contributed by atoms with Crippen molar-refractivity contribution in [3.8, 4) is 0 Å². The number of aliphatic hydroxyl groups excluding tert-OH is 1. The second-order valence-corrected chi connectivity index (χ2v) is 5.71. The first-order chi connectivity index (χ1) is 11.8. The number of carbonyl (C=O) groups is 1. The van der Waals surface area contributed by atoms with Gasteiger partial charge in [0.1, 0.15) is 5.82 Å². The molecule has 0 aliphatic rings. The minimum atomic E-state index is -1.03. The van der Waals surface area contributed by atoms with E-state index in [1.54, 1.807) is 19.9 Å². The van der Waals surface area contributed by atoms with Gasteiger partial charge in [-0.1, -0.05) is 25.1 Å². The molecule has 2 N–H and O–H groups in total. The Kier molecular flexibility index (Phi) is 5.82. The van der Waals surface area contributed by atoms with Gasteiger partial charge >= 0.3 is 0 Å². The Balaban J connectivity index is 2.14. The number of rotatable bonds is 6. The van der Waals surface area contributed by atoms with Crippen LogP contribution in [0.4, 0.5) is 10.1 Å². The summed E-state index contributed by atoms with van der Waals surface area (Å²) in [5, 5.41) is 24.0. The van der Waals surface area contributed by atoms with Crippen LogP contribution in [-0.2, 0) is 6.42 Å². The zero-order valence-electron chi connectivity index (χ0n) is 13.9. The SMILES string of the molecule is CCc1ccc(C(=O)NC(C)C(O)c2ccc(F)cc2)cc1[N+](=O)[O-]. The number of benzene rings is 2. The summed E-state index contributed by atoms with van der Waals surface area (Å²) in [6.07, 6.45) is -0.549. The fourth-order valence-electron chi connectivity index (χ4n) is 2.49. The Hall–Kier alpha value is -2.80. The number of halogens is 1. The van der Waals surface area contributed by atoms with Crippen molar-refractivity contribution in [1.29, 1.82) is 0 Å². The molecule has 7 heteroatoms. The van der Waals surface area contributed by atoms with Crippen LogP contribution in [0.25, 0.3) is 0 Å². The first-order valence-electron chi connectivity index (χ1n) is 7.85. The van der Waals surface area contributed by atoms with Crippen LogP contribution in [0.3, 0.4) is 0 Å². The Labute approximate surface area is 144 Å². The van der Waals surface area contributed by atoms with Crippen LogP contribution >= 0.6 is 0 Å². The summed E-state index contributed by atoms with van der Waals surface area (Å²) in [6, 6.07) is 8.94. The molecule has 2 unspecified atom stereocenters. The van der Waals surface area contributed by atoms with Gasteiger partial charge in [0.25, 0.3) is 11.6 Å². The van der Waals surface area contributed by atoms with E-state index in [1.807, 2.05) is 0 Å². The number of nitro benzene ring substituents is 1. The lowest BCUT2D eigenvalue weighted by molar-refractivity contribution is -0.385. The van der Waals surface area contributed by atoms with Crippen molar-refractivity contribution < 1.29 is 19.2 Å². The summed E-state index contributed by atoms with van der Waals surface area (Å²) in [7, 11) is 0. The Morgan fingerprint density at radius 3 is 2.48 bits per heavy atom. The third kappa shape index (κ3) is 4.39. The van der Waals surface area contributed by atoms with Gasteiger partial charge in [0.05, 0.1) is 17.1 Å².